The van der Waals surface area contributed by atoms with Crippen molar-refractivity contribution in [3.05, 3.63) is 42.5 Å². The van der Waals surface area contributed by atoms with Crippen LogP contribution in [0.2, 0.25) is 0 Å². The molecule has 0 saturated carbocycles. The third-order valence-electron chi connectivity index (χ3n) is 1.73. The van der Waals surface area contributed by atoms with E-state index in [1.54, 1.807) is 6.08 Å². The van der Waals surface area contributed by atoms with Crippen LogP contribution in [0.1, 0.15) is 5.56 Å². The third kappa shape index (κ3) is 4.18. The molecule has 0 atom stereocenters. The van der Waals surface area contributed by atoms with E-state index in [0.717, 1.165) is 17.0 Å². The fourth-order valence-electron chi connectivity index (χ4n) is 1.06. The number of amidine groups is 1. The maximum absolute atomic E-state index is 5.72. The second-order valence-corrected chi connectivity index (χ2v) is 3.96. The van der Waals surface area contributed by atoms with Gasteiger partial charge in [0.1, 0.15) is 0 Å². The van der Waals surface area contributed by atoms with Crippen LogP contribution in [0, 0.1) is 0 Å². The van der Waals surface area contributed by atoms with Crippen molar-refractivity contribution in [3.8, 4) is 0 Å². The molecule has 0 aliphatic rings. The van der Waals surface area contributed by atoms with Crippen LogP contribution in [-0.2, 0) is 6.54 Å². The van der Waals surface area contributed by atoms with E-state index in [1.165, 1.54) is 11.8 Å². The molecule has 0 fully saturated rings. The van der Waals surface area contributed by atoms with Crippen molar-refractivity contribution in [2.24, 2.45) is 16.5 Å². The molecule has 0 heterocycles. The number of thioether (sulfide) groups is 1. The molecule has 4 heteroatoms. The van der Waals surface area contributed by atoms with Gasteiger partial charge in [0.25, 0.3) is 0 Å². The summed E-state index contributed by atoms with van der Waals surface area (Å²) in [6.45, 7) is 4.14. The first-order valence-corrected chi connectivity index (χ1v) is 5.61. The highest BCUT2D eigenvalue weighted by Crippen LogP contribution is 2.15. The predicted molar refractivity (Wildman–Crippen MR) is 68.3 cm³/mol. The fraction of sp³-hybridized carbons (Fsp3) is 0.182. The summed E-state index contributed by atoms with van der Waals surface area (Å²) in [5.74, 6) is 0.770. The molecule has 0 radical (unpaired) electrons. The summed E-state index contributed by atoms with van der Waals surface area (Å²) >= 11 is 1.46. The van der Waals surface area contributed by atoms with E-state index in [9.17, 15) is 0 Å². The molecule has 1 aromatic rings. The number of benzene rings is 1. The van der Waals surface area contributed by atoms with E-state index in [1.807, 2.05) is 24.3 Å². The van der Waals surface area contributed by atoms with Gasteiger partial charge in [-0.25, -0.2) is 4.99 Å². The topological polar surface area (TPSA) is 64.4 Å². The number of nitrogens with zero attached hydrogens (tertiary/aromatic N) is 1. The monoisotopic (exact) mass is 221 g/mol. The second-order valence-electron chi connectivity index (χ2n) is 2.92. The average molecular weight is 221 g/mol. The molecular formula is C11H15N3S. The lowest BCUT2D eigenvalue weighted by Crippen LogP contribution is -2.06. The molecule has 80 valence electrons. The molecule has 1 aromatic carbocycles. The van der Waals surface area contributed by atoms with Gasteiger partial charge in [0, 0.05) is 12.3 Å². The first-order chi connectivity index (χ1) is 7.26. The summed E-state index contributed by atoms with van der Waals surface area (Å²) in [5, 5.41) is 0.545. The van der Waals surface area contributed by atoms with Crippen LogP contribution >= 0.6 is 11.8 Å². The van der Waals surface area contributed by atoms with Crippen LogP contribution in [0.4, 0.5) is 5.69 Å². The van der Waals surface area contributed by atoms with Crippen LogP contribution in [0.15, 0.2) is 41.9 Å². The van der Waals surface area contributed by atoms with Gasteiger partial charge in [-0.05, 0) is 17.7 Å². The van der Waals surface area contributed by atoms with Gasteiger partial charge >= 0.3 is 0 Å². The Hall–Kier alpha value is -1.26. The predicted octanol–water partition coefficient (Wildman–Crippen LogP) is 2.01. The summed E-state index contributed by atoms with van der Waals surface area (Å²) in [5.41, 5.74) is 13.1. The Balaban J connectivity index is 2.73. The van der Waals surface area contributed by atoms with Gasteiger partial charge in [0.2, 0.25) is 0 Å². The Morgan fingerprint density at radius 2 is 2.33 bits per heavy atom. The van der Waals surface area contributed by atoms with Gasteiger partial charge in [-0.3, -0.25) is 0 Å². The molecule has 0 spiro atoms. The molecule has 0 saturated heterocycles. The molecule has 0 amide bonds. The molecule has 0 aliphatic carbocycles. The Morgan fingerprint density at radius 3 is 3.00 bits per heavy atom. The SMILES string of the molecule is C=CCSC(N)=Nc1cccc(CN)c1. The van der Waals surface area contributed by atoms with Crippen molar-refractivity contribution in [1.82, 2.24) is 0 Å². The highest BCUT2D eigenvalue weighted by molar-refractivity contribution is 8.13. The summed E-state index contributed by atoms with van der Waals surface area (Å²) in [7, 11) is 0. The molecule has 0 aliphatic heterocycles. The zero-order valence-electron chi connectivity index (χ0n) is 8.52. The molecular weight excluding hydrogens is 206 g/mol. The summed E-state index contributed by atoms with van der Waals surface area (Å²) < 4.78 is 0. The largest absolute Gasteiger partial charge is 0.378 e. The van der Waals surface area contributed by atoms with E-state index >= 15 is 0 Å². The third-order valence-corrected chi connectivity index (χ3v) is 2.52. The zero-order chi connectivity index (χ0) is 11.1. The highest BCUT2D eigenvalue weighted by atomic mass is 32.2. The van der Waals surface area contributed by atoms with Crippen molar-refractivity contribution in [2.45, 2.75) is 6.54 Å². The van der Waals surface area contributed by atoms with Crippen molar-refractivity contribution in [2.75, 3.05) is 5.75 Å². The maximum atomic E-state index is 5.72. The van der Waals surface area contributed by atoms with Gasteiger partial charge in [-0.1, -0.05) is 30.0 Å². The van der Waals surface area contributed by atoms with Crippen LogP contribution in [0.25, 0.3) is 0 Å². The summed E-state index contributed by atoms with van der Waals surface area (Å²) in [6, 6.07) is 7.72. The zero-order valence-corrected chi connectivity index (χ0v) is 9.33. The van der Waals surface area contributed by atoms with Gasteiger partial charge < -0.3 is 11.5 Å². The molecule has 15 heavy (non-hydrogen) atoms. The maximum Gasteiger partial charge on any atom is 0.159 e. The minimum absolute atomic E-state index is 0.517. The Labute approximate surface area is 94.3 Å². The number of hydrogen-bond donors (Lipinski definition) is 2. The van der Waals surface area contributed by atoms with Crippen LogP contribution in [0.3, 0.4) is 0 Å². The minimum Gasteiger partial charge on any atom is -0.378 e. The Morgan fingerprint density at radius 1 is 1.53 bits per heavy atom. The standard InChI is InChI=1S/C11H15N3S/c1-2-6-15-11(13)14-10-5-3-4-9(7-10)8-12/h2-5,7H,1,6,8,12H2,(H2,13,14). The van der Waals surface area contributed by atoms with Crippen LogP contribution in [-0.4, -0.2) is 10.9 Å². The molecule has 1 rings (SSSR count). The van der Waals surface area contributed by atoms with Crippen LogP contribution in [0.5, 0.6) is 0 Å². The van der Waals surface area contributed by atoms with Crippen molar-refractivity contribution in [3.63, 3.8) is 0 Å². The minimum atomic E-state index is 0.517. The quantitative estimate of drug-likeness (QED) is 0.464. The highest BCUT2D eigenvalue weighted by Gasteiger charge is 1.95. The van der Waals surface area contributed by atoms with Crippen molar-refractivity contribution >= 4 is 22.6 Å². The van der Waals surface area contributed by atoms with E-state index in [4.69, 9.17) is 11.5 Å². The molecule has 0 bridgehead atoms. The fourth-order valence-corrected chi connectivity index (χ4v) is 1.52. The van der Waals surface area contributed by atoms with E-state index in [0.29, 0.717) is 11.7 Å². The van der Waals surface area contributed by atoms with E-state index in [2.05, 4.69) is 11.6 Å². The van der Waals surface area contributed by atoms with Crippen molar-refractivity contribution < 1.29 is 0 Å². The molecule has 4 N–H and O–H groups in total. The number of hydrogen-bond acceptors (Lipinski definition) is 3. The van der Waals surface area contributed by atoms with Crippen molar-refractivity contribution in [1.29, 1.82) is 0 Å². The average Bonchev–Trinajstić information content (AvgIpc) is 2.26. The lowest BCUT2D eigenvalue weighted by molar-refractivity contribution is 1.07. The molecule has 0 aromatic heterocycles. The second kappa shape index (κ2) is 6.27. The first kappa shape index (κ1) is 11.8. The lowest BCUT2D eigenvalue weighted by atomic mass is 10.2. The number of nitrogens with two attached hydrogens (primary N) is 2. The number of rotatable bonds is 4. The summed E-state index contributed by atoms with van der Waals surface area (Å²) in [6.07, 6.45) is 1.79. The number of aliphatic imine (C=N–C) groups is 1. The van der Waals surface area contributed by atoms with E-state index < -0.39 is 0 Å². The Bertz CT molecular complexity index is 361. The van der Waals surface area contributed by atoms with Gasteiger partial charge in [-0.15, -0.1) is 6.58 Å². The normalized spacial score (nSPS) is 11.4. The van der Waals surface area contributed by atoms with Gasteiger partial charge in [-0.2, -0.15) is 0 Å². The molecule has 3 nitrogen and oxygen atoms in total. The van der Waals surface area contributed by atoms with Gasteiger partial charge in [0.15, 0.2) is 5.17 Å². The van der Waals surface area contributed by atoms with Crippen LogP contribution < -0.4 is 11.5 Å². The van der Waals surface area contributed by atoms with Gasteiger partial charge in [0.05, 0.1) is 5.69 Å². The van der Waals surface area contributed by atoms with E-state index in [-0.39, 0.29) is 0 Å². The smallest absolute Gasteiger partial charge is 0.159 e. The Kier molecular flexibility index (Phi) is 4.93. The summed E-state index contributed by atoms with van der Waals surface area (Å²) in [4.78, 5) is 4.26. The first-order valence-electron chi connectivity index (χ1n) is 4.63. The lowest BCUT2D eigenvalue weighted by Gasteiger charge is -2.00. The molecule has 0 unspecified atom stereocenters.